The summed E-state index contributed by atoms with van der Waals surface area (Å²) in [4.78, 5) is 26.4. The summed E-state index contributed by atoms with van der Waals surface area (Å²) < 4.78 is 17.2. The number of nitrogens with zero attached hydrogens (tertiary/aromatic N) is 1. The first-order chi connectivity index (χ1) is 16.4. The summed E-state index contributed by atoms with van der Waals surface area (Å²) in [7, 11) is 3.15. The van der Waals surface area contributed by atoms with Crippen LogP contribution in [0.5, 0.6) is 17.2 Å². The summed E-state index contributed by atoms with van der Waals surface area (Å²) >= 11 is 3.47. The summed E-state index contributed by atoms with van der Waals surface area (Å²) in [5, 5.41) is 0. The van der Waals surface area contributed by atoms with Crippen molar-refractivity contribution in [2.24, 2.45) is 5.73 Å². The van der Waals surface area contributed by atoms with Gasteiger partial charge in [-0.3, -0.25) is 9.59 Å². The number of halogens is 1. The molecule has 34 heavy (non-hydrogen) atoms. The van der Waals surface area contributed by atoms with Gasteiger partial charge in [0.2, 0.25) is 5.91 Å². The minimum atomic E-state index is -0.561. The van der Waals surface area contributed by atoms with Gasteiger partial charge in [0.15, 0.2) is 18.1 Å². The molecule has 8 heteroatoms. The van der Waals surface area contributed by atoms with Crippen molar-refractivity contribution in [1.29, 1.82) is 0 Å². The summed E-state index contributed by atoms with van der Waals surface area (Å²) in [5.74, 6) is 1.01. The lowest BCUT2D eigenvalue weighted by Crippen LogP contribution is -2.40. The number of hydrogen-bond donors (Lipinski definition) is 1. The molecule has 2 amide bonds. The van der Waals surface area contributed by atoms with Crippen LogP contribution in [0, 0.1) is 0 Å². The van der Waals surface area contributed by atoms with E-state index in [4.69, 9.17) is 19.9 Å². The zero-order valence-electron chi connectivity index (χ0n) is 19.6. The first kappa shape index (κ1) is 25.6. The predicted molar refractivity (Wildman–Crippen MR) is 135 cm³/mol. The fourth-order valence-electron chi connectivity index (χ4n) is 4.15. The third-order valence-corrected chi connectivity index (χ3v) is 6.34. The van der Waals surface area contributed by atoms with Crippen LogP contribution in [0.4, 0.5) is 0 Å². The highest BCUT2D eigenvalue weighted by Crippen LogP contribution is 2.31. The number of amides is 2. The molecule has 2 aromatic rings. The highest BCUT2D eigenvalue weighted by Gasteiger charge is 2.25. The van der Waals surface area contributed by atoms with Crippen molar-refractivity contribution in [3.05, 3.63) is 58.1 Å². The monoisotopic (exact) mass is 530 g/mol. The van der Waals surface area contributed by atoms with E-state index in [2.05, 4.69) is 15.9 Å². The van der Waals surface area contributed by atoms with Crippen LogP contribution in [-0.4, -0.2) is 43.6 Å². The smallest absolute Gasteiger partial charge is 0.255 e. The van der Waals surface area contributed by atoms with Crippen LogP contribution in [0.25, 0.3) is 6.08 Å². The Labute approximate surface area is 209 Å². The highest BCUT2D eigenvalue weighted by atomic mass is 79.9. The molecule has 0 unspecified atom stereocenters. The molecule has 1 saturated carbocycles. The maximum atomic E-state index is 13.4. The molecule has 182 valence electrons. The molecule has 2 N–H and O–H groups in total. The SMILES string of the molecule is COc1ccc(Br)cc1/C=C/C(=O)N(Cc1ccc(OCC(N)=O)c(OC)c1)C1CCCCC1. The third kappa shape index (κ3) is 7.00. The van der Waals surface area contributed by atoms with E-state index in [9.17, 15) is 9.59 Å². The average molecular weight is 531 g/mol. The molecular weight excluding hydrogens is 500 g/mol. The molecule has 2 aromatic carbocycles. The molecule has 0 bridgehead atoms. The van der Waals surface area contributed by atoms with Gasteiger partial charge in [-0.05, 0) is 54.8 Å². The number of carbonyl (C=O) groups is 2. The lowest BCUT2D eigenvalue weighted by molar-refractivity contribution is -0.129. The van der Waals surface area contributed by atoms with Crippen molar-refractivity contribution in [2.45, 2.75) is 44.7 Å². The zero-order valence-corrected chi connectivity index (χ0v) is 21.2. The maximum absolute atomic E-state index is 13.4. The Hall–Kier alpha value is -3.00. The normalized spacial score (nSPS) is 14.1. The number of primary amides is 1. The predicted octanol–water partition coefficient (Wildman–Crippen LogP) is 4.71. The Kier molecular flexibility index (Phi) is 9.39. The number of hydrogen-bond acceptors (Lipinski definition) is 5. The molecule has 0 heterocycles. The minimum Gasteiger partial charge on any atom is -0.496 e. The quantitative estimate of drug-likeness (QED) is 0.449. The lowest BCUT2D eigenvalue weighted by Gasteiger charge is -2.34. The Morgan fingerprint density at radius 3 is 2.41 bits per heavy atom. The molecule has 0 saturated heterocycles. The molecular formula is C26H31BrN2O5. The second-order valence-corrected chi connectivity index (χ2v) is 9.13. The van der Waals surface area contributed by atoms with Crippen LogP contribution >= 0.6 is 15.9 Å². The molecule has 1 fully saturated rings. The standard InChI is InChI=1S/C26H31BrN2O5/c1-32-22-12-10-20(27)15-19(22)9-13-26(31)29(21-6-4-3-5-7-21)16-18-8-11-23(24(14-18)33-2)34-17-25(28)30/h8-15,21H,3-7,16-17H2,1-2H3,(H2,28,30)/b13-9+. The van der Waals surface area contributed by atoms with Gasteiger partial charge in [-0.1, -0.05) is 41.3 Å². The van der Waals surface area contributed by atoms with Crippen molar-refractivity contribution in [3.63, 3.8) is 0 Å². The van der Waals surface area contributed by atoms with Crippen LogP contribution in [0.15, 0.2) is 46.9 Å². The lowest BCUT2D eigenvalue weighted by atomic mass is 9.93. The van der Waals surface area contributed by atoms with Gasteiger partial charge in [0.1, 0.15) is 5.75 Å². The second kappa shape index (κ2) is 12.5. The Balaban J connectivity index is 1.83. The fraction of sp³-hybridized carbons (Fsp3) is 0.385. The molecule has 0 atom stereocenters. The van der Waals surface area contributed by atoms with E-state index < -0.39 is 5.91 Å². The largest absolute Gasteiger partial charge is 0.496 e. The van der Waals surface area contributed by atoms with Crippen molar-refractivity contribution in [2.75, 3.05) is 20.8 Å². The van der Waals surface area contributed by atoms with Gasteiger partial charge in [0.05, 0.1) is 14.2 Å². The van der Waals surface area contributed by atoms with E-state index in [0.29, 0.717) is 23.8 Å². The number of nitrogens with two attached hydrogens (primary N) is 1. The number of benzene rings is 2. The summed E-state index contributed by atoms with van der Waals surface area (Å²) in [6.45, 7) is 0.210. The van der Waals surface area contributed by atoms with Gasteiger partial charge in [-0.15, -0.1) is 0 Å². The van der Waals surface area contributed by atoms with Crippen LogP contribution in [0.2, 0.25) is 0 Å². The molecule has 0 spiro atoms. The van der Waals surface area contributed by atoms with Crippen molar-refractivity contribution < 1.29 is 23.8 Å². The van der Waals surface area contributed by atoms with Crippen molar-refractivity contribution in [1.82, 2.24) is 4.90 Å². The first-order valence-corrected chi connectivity index (χ1v) is 12.1. The third-order valence-electron chi connectivity index (χ3n) is 5.85. The van der Waals surface area contributed by atoms with Gasteiger partial charge in [-0.25, -0.2) is 0 Å². The molecule has 0 radical (unpaired) electrons. The number of methoxy groups -OCH3 is 2. The number of rotatable bonds is 10. The van der Waals surface area contributed by atoms with Crippen LogP contribution in [0.3, 0.4) is 0 Å². The Bertz CT molecular complexity index is 1030. The zero-order chi connectivity index (χ0) is 24.5. The van der Waals surface area contributed by atoms with Gasteiger partial charge >= 0.3 is 0 Å². The number of ether oxygens (including phenoxy) is 3. The Morgan fingerprint density at radius 2 is 1.74 bits per heavy atom. The van der Waals surface area contributed by atoms with Gasteiger partial charge < -0.3 is 24.8 Å². The van der Waals surface area contributed by atoms with Gasteiger partial charge in [0.25, 0.3) is 5.91 Å². The van der Waals surface area contributed by atoms with E-state index in [0.717, 1.165) is 41.3 Å². The van der Waals surface area contributed by atoms with Gasteiger partial charge in [0, 0.05) is 28.7 Å². The highest BCUT2D eigenvalue weighted by molar-refractivity contribution is 9.10. The van der Waals surface area contributed by atoms with Crippen molar-refractivity contribution in [3.8, 4) is 17.2 Å². The molecule has 0 aliphatic heterocycles. The van der Waals surface area contributed by atoms with Gasteiger partial charge in [-0.2, -0.15) is 0 Å². The number of carbonyl (C=O) groups excluding carboxylic acids is 2. The summed E-state index contributed by atoms with van der Waals surface area (Å²) in [6.07, 6.45) is 8.79. The molecule has 3 rings (SSSR count). The van der Waals surface area contributed by atoms with E-state index >= 15 is 0 Å². The maximum Gasteiger partial charge on any atom is 0.255 e. The van der Waals surface area contributed by atoms with Crippen molar-refractivity contribution >= 4 is 33.8 Å². The first-order valence-electron chi connectivity index (χ1n) is 11.3. The molecule has 1 aliphatic carbocycles. The molecule has 7 nitrogen and oxygen atoms in total. The van der Waals surface area contributed by atoms with E-state index in [1.807, 2.05) is 35.2 Å². The average Bonchev–Trinajstić information content (AvgIpc) is 2.85. The second-order valence-electron chi connectivity index (χ2n) is 8.22. The van der Waals surface area contributed by atoms with Crippen LogP contribution in [-0.2, 0) is 16.1 Å². The molecule has 1 aliphatic rings. The van der Waals surface area contributed by atoms with Crippen LogP contribution < -0.4 is 19.9 Å². The molecule has 0 aromatic heterocycles. The van der Waals surface area contributed by atoms with E-state index in [1.165, 1.54) is 13.5 Å². The topological polar surface area (TPSA) is 91.1 Å². The fourth-order valence-corrected chi connectivity index (χ4v) is 4.53. The summed E-state index contributed by atoms with van der Waals surface area (Å²) in [6, 6.07) is 11.3. The minimum absolute atomic E-state index is 0.0537. The summed E-state index contributed by atoms with van der Waals surface area (Å²) in [5.41, 5.74) is 6.91. The van der Waals surface area contributed by atoms with Crippen LogP contribution in [0.1, 0.15) is 43.2 Å². The van der Waals surface area contributed by atoms with E-state index in [1.54, 1.807) is 25.3 Å². The van der Waals surface area contributed by atoms with E-state index in [-0.39, 0.29) is 18.6 Å². The Morgan fingerprint density at radius 1 is 1.03 bits per heavy atom.